The zero-order chi connectivity index (χ0) is 14.2. The second kappa shape index (κ2) is 5.91. The van der Waals surface area contributed by atoms with Crippen LogP contribution in [0, 0.1) is 9.39 Å². The van der Waals surface area contributed by atoms with Crippen molar-refractivity contribution in [2.24, 2.45) is 0 Å². The zero-order valence-electron chi connectivity index (χ0n) is 9.28. The van der Waals surface area contributed by atoms with Crippen LogP contribution in [0.15, 0.2) is 24.3 Å². The Balaban J connectivity index is 2.42. The molecule has 0 spiro atoms. The molecule has 100 valence electrons. The molecule has 0 radical (unpaired) electrons. The molecule has 0 aliphatic heterocycles. The number of nitrogen functional groups attached to an aromatic ring is 1. The molecule has 0 atom stereocenters. The van der Waals surface area contributed by atoms with Crippen LogP contribution >= 0.6 is 57.4 Å². The van der Waals surface area contributed by atoms with Gasteiger partial charge in [0.15, 0.2) is 0 Å². The van der Waals surface area contributed by atoms with Crippen LogP contribution in [0.5, 0.6) is 0 Å². The van der Waals surface area contributed by atoms with Gasteiger partial charge in [-0.1, -0.05) is 34.8 Å². The summed E-state index contributed by atoms with van der Waals surface area (Å²) in [4.78, 5) is 0. The third-order valence-corrected chi connectivity index (χ3v) is 4.23. The van der Waals surface area contributed by atoms with Gasteiger partial charge in [-0.15, -0.1) is 0 Å². The van der Waals surface area contributed by atoms with E-state index in [9.17, 15) is 4.39 Å². The standard InChI is InChI=1S/C12H7Cl3FIN2/c13-5-1-7(15)11(2-6(5)14)19-12-3-8(16)9(17)4-10(12)18/h1-4,19H,18H2. The van der Waals surface area contributed by atoms with Crippen LogP contribution in [0.1, 0.15) is 0 Å². The number of nitrogens with one attached hydrogen (secondary N) is 1. The van der Waals surface area contributed by atoms with E-state index in [1.54, 1.807) is 6.07 Å². The van der Waals surface area contributed by atoms with Crippen molar-refractivity contribution in [2.45, 2.75) is 0 Å². The van der Waals surface area contributed by atoms with E-state index >= 15 is 0 Å². The largest absolute Gasteiger partial charge is 0.397 e. The van der Waals surface area contributed by atoms with Gasteiger partial charge in [0.05, 0.1) is 35.7 Å². The Labute approximate surface area is 138 Å². The molecule has 3 N–H and O–H groups in total. The molecule has 19 heavy (non-hydrogen) atoms. The lowest BCUT2D eigenvalue weighted by Crippen LogP contribution is -1.99. The molecule has 0 aliphatic carbocycles. The predicted molar refractivity (Wildman–Crippen MR) is 88.3 cm³/mol. The molecule has 0 fully saturated rings. The van der Waals surface area contributed by atoms with E-state index in [-0.39, 0.29) is 5.82 Å². The molecule has 0 amide bonds. The van der Waals surface area contributed by atoms with E-state index in [4.69, 9.17) is 40.5 Å². The summed E-state index contributed by atoms with van der Waals surface area (Å²) in [7, 11) is 0. The van der Waals surface area contributed by atoms with Crippen molar-refractivity contribution < 1.29 is 4.39 Å². The summed E-state index contributed by atoms with van der Waals surface area (Å²) >= 11 is 19.6. The van der Waals surface area contributed by atoms with E-state index in [1.807, 2.05) is 22.6 Å². The fourth-order valence-corrected chi connectivity index (χ4v) is 2.52. The minimum absolute atomic E-state index is 0.345. The van der Waals surface area contributed by atoms with Crippen molar-refractivity contribution in [1.82, 2.24) is 0 Å². The molecule has 2 nitrogen and oxygen atoms in total. The number of rotatable bonds is 2. The Hall–Kier alpha value is -0.430. The maximum atomic E-state index is 13.5. The summed E-state index contributed by atoms with van der Waals surface area (Å²) in [6.45, 7) is 0. The number of hydrogen-bond acceptors (Lipinski definition) is 2. The Morgan fingerprint density at radius 3 is 2.26 bits per heavy atom. The van der Waals surface area contributed by atoms with E-state index in [0.29, 0.717) is 35.7 Å². The van der Waals surface area contributed by atoms with Gasteiger partial charge in [0.1, 0.15) is 5.82 Å². The minimum atomic E-state index is -0.367. The van der Waals surface area contributed by atoms with E-state index in [0.717, 1.165) is 0 Å². The molecular formula is C12H7Cl3FIN2. The van der Waals surface area contributed by atoms with Gasteiger partial charge < -0.3 is 11.1 Å². The summed E-state index contributed by atoms with van der Waals surface area (Å²) in [5.41, 5.74) is 7.15. The monoisotopic (exact) mass is 430 g/mol. The van der Waals surface area contributed by atoms with Crippen molar-refractivity contribution in [2.75, 3.05) is 11.1 Å². The molecule has 2 aromatic rings. The van der Waals surface area contributed by atoms with Gasteiger partial charge in [-0.2, -0.15) is 0 Å². The second-order valence-corrected chi connectivity index (χ2v) is 6.11. The Bertz CT molecular complexity index is 594. The molecule has 0 aromatic heterocycles. The topological polar surface area (TPSA) is 38.0 Å². The zero-order valence-corrected chi connectivity index (χ0v) is 13.7. The number of anilines is 3. The Morgan fingerprint density at radius 2 is 1.58 bits per heavy atom. The smallest absolute Gasteiger partial charge is 0.138 e. The number of hydrogen-bond donors (Lipinski definition) is 2. The maximum Gasteiger partial charge on any atom is 0.138 e. The van der Waals surface area contributed by atoms with Crippen LogP contribution < -0.4 is 11.1 Å². The van der Waals surface area contributed by atoms with E-state index in [2.05, 4.69) is 5.32 Å². The lowest BCUT2D eigenvalue weighted by molar-refractivity contribution is 0.621. The van der Waals surface area contributed by atoms with Gasteiger partial charge in [-0.05, 0) is 40.8 Å². The van der Waals surface area contributed by atoms with Crippen molar-refractivity contribution in [3.05, 3.63) is 48.7 Å². The first kappa shape index (κ1) is 15.0. The first-order valence-electron chi connectivity index (χ1n) is 5.04. The third kappa shape index (κ3) is 3.37. The first-order chi connectivity index (χ1) is 8.88. The van der Waals surface area contributed by atoms with Crippen molar-refractivity contribution in [3.63, 3.8) is 0 Å². The van der Waals surface area contributed by atoms with Crippen LogP contribution in [-0.4, -0.2) is 0 Å². The van der Waals surface area contributed by atoms with Gasteiger partial charge >= 0.3 is 0 Å². The predicted octanol–water partition coefficient (Wildman–Crippen LogP) is 5.72. The Kier molecular flexibility index (Phi) is 4.66. The summed E-state index contributed by atoms with van der Waals surface area (Å²) in [6, 6.07) is 5.90. The molecule has 0 saturated carbocycles. The summed E-state index contributed by atoms with van der Waals surface area (Å²) in [5, 5.41) is 3.99. The quantitative estimate of drug-likeness (QED) is 0.363. The fourth-order valence-electron chi connectivity index (χ4n) is 1.43. The molecule has 2 aromatic carbocycles. The highest BCUT2D eigenvalue weighted by Crippen LogP contribution is 2.35. The normalized spacial score (nSPS) is 10.6. The highest BCUT2D eigenvalue weighted by molar-refractivity contribution is 14.1. The molecule has 0 aliphatic rings. The molecule has 0 unspecified atom stereocenters. The summed E-state index contributed by atoms with van der Waals surface area (Å²) < 4.78 is 14.0. The maximum absolute atomic E-state index is 13.5. The van der Waals surface area contributed by atoms with Crippen molar-refractivity contribution in [1.29, 1.82) is 0 Å². The van der Waals surface area contributed by atoms with E-state index in [1.165, 1.54) is 18.2 Å². The summed E-state index contributed by atoms with van der Waals surface area (Å²) in [5.74, 6) is -0.367. The lowest BCUT2D eigenvalue weighted by atomic mass is 10.2. The average Bonchev–Trinajstić information content (AvgIpc) is 2.32. The van der Waals surface area contributed by atoms with Crippen molar-refractivity contribution >= 4 is 74.5 Å². The number of halogens is 5. The van der Waals surface area contributed by atoms with Crippen LogP contribution in [-0.2, 0) is 0 Å². The third-order valence-electron chi connectivity index (χ3n) is 2.37. The van der Waals surface area contributed by atoms with Crippen LogP contribution in [0.4, 0.5) is 21.5 Å². The van der Waals surface area contributed by atoms with Gasteiger partial charge in [0.2, 0.25) is 0 Å². The molecule has 7 heteroatoms. The fraction of sp³-hybridized carbons (Fsp3) is 0. The molecule has 0 heterocycles. The van der Waals surface area contributed by atoms with Crippen LogP contribution in [0.3, 0.4) is 0 Å². The number of benzene rings is 2. The SMILES string of the molecule is Nc1cc(I)c(F)cc1Nc1cc(Cl)c(Cl)cc1Cl. The van der Waals surface area contributed by atoms with Gasteiger partial charge in [-0.3, -0.25) is 0 Å². The van der Waals surface area contributed by atoms with Gasteiger partial charge in [0.25, 0.3) is 0 Å². The first-order valence-corrected chi connectivity index (χ1v) is 7.26. The van der Waals surface area contributed by atoms with Crippen LogP contribution in [0.2, 0.25) is 15.1 Å². The molecular weight excluding hydrogens is 424 g/mol. The van der Waals surface area contributed by atoms with Crippen LogP contribution in [0.25, 0.3) is 0 Å². The number of nitrogens with two attached hydrogens (primary N) is 1. The van der Waals surface area contributed by atoms with Gasteiger partial charge in [0, 0.05) is 6.07 Å². The van der Waals surface area contributed by atoms with E-state index < -0.39 is 0 Å². The average molecular weight is 431 g/mol. The highest BCUT2D eigenvalue weighted by Gasteiger charge is 2.10. The second-order valence-electron chi connectivity index (χ2n) is 3.72. The molecule has 2 rings (SSSR count). The van der Waals surface area contributed by atoms with Gasteiger partial charge in [-0.25, -0.2) is 4.39 Å². The highest BCUT2D eigenvalue weighted by atomic mass is 127. The summed E-state index contributed by atoms with van der Waals surface area (Å²) in [6.07, 6.45) is 0. The minimum Gasteiger partial charge on any atom is -0.397 e. The molecule has 0 saturated heterocycles. The molecule has 0 bridgehead atoms. The Morgan fingerprint density at radius 1 is 0.947 bits per heavy atom. The lowest BCUT2D eigenvalue weighted by Gasteiger charge is -2.12. The van der Waals surface area contributed by atoms with Crippen molar-refractivity contribution in [3.8, 4) is 0 Å².